The van der Waals surface area contributed by atoms with Crippen LogP contribution in [0.5, 0.6) is 0 Å². The quantitative estimate of drug-likeness (QED) is 0.334. The van der Waals surface area contributed by atoms with Gasteiger partial charge in [-0.15, -0.1) is 0 Å². The molecule has 2 atom stereocenters. The minimum Gasteiger partial charge on any atom is -0.352 e. The van der Waals surface area contributed by atoms with Crippen LogP contribution < -0.4 is 9.62 Å². The van der Waals surface area contributed by atoms with Crippen molar-refractivity contribution < 1.29 is 18.0 Å². The Morgan fingerprint density at radius 3 is 2.18 bits per heavy atom. The fourth-order valence-electron chi connectivity index (χ4n) is 4.22. The third-order valence-electron chi connectivity index (χ3n) is 6.50. The molecule has 9 heteroatoms. The average molecular weight is 570 g/mol. The number of carbonyl (C=O) groups is 2. The largest absolute Gasteiger partial charge is 0.352 e. The number of nitrogens with one attached hydrogen (secondary N) is 1. The van der Waals surface area contributed by atoms with Crippen molar-refractivity contribution in [3.63, 3.8) is 0 Å². The summed E-state index contributed by atoms with van der Waals surface area (Å²) in [6.45, 7) is 5.52. The maximum Gasteiger partial charge on any atom is 0.244 e. The number of hydrogen-bond acceptors (Lipinski definition) is 4. The summed E-state index contributed by atoms with van der Waals surface area (Å²) in [5.41, 5.74) is 3.06. The first-order chi connectivity index (χ1) is 18.5. The number of hydrogen-bond donors (Lipinski definition) is 1. The molecule has 0 heterocycles. The first-order valence-electron chi connectivity index (χ1n) is 12.9. The summed E-state index contributed by atoms with van der Waals surface area (Å²) < 4.78 is 26.6. The first-order valence-corrected chi connectivity index (χ1v) is 15.1. The SMILES string of the molecule is CC[C@H](C)NC(=O)[C@H](Cc1ccccc1)N(Cc1cccc(C)c1)C(=O)CN(c1ccc(Cl)cc1)S(C)(=O)=O. The minimum absolute atomic E-state index is 0.0896. The molecule has 0 fully saturated rings. The van der Waals surface area contributed by atoms with Gasteiger partial charge in [-0.3, -0.25) is 13.9 Å². The van der Waals surface area contributed by atoms with Crippen molar-refractivity contribution in [1.29, 1.82) is 0 Å². The number of halogens is 1. The lowest BCUT2D eigenvalue weighted by Crippen LogP contribution is -2.54. The first kappa shape index (κ1) is 30.2. The Kier molecular flexibility index (Phi) is 10.5. The molecule has 39 heavy (non-hydrogen) atoms. The van der Waals surface area contributed by atoms with Gasteiger partial charge in [-0.2, -0.15) is 0 Å². The zero-order valence-corrected chi connectivity index (χ0v) is 24.4. The summed E-state index contributed by atoms with van der Waals surface area (Å²) >= 11 is 6.01. The molecule has 208 valence electrons. The lowest BCUT2D eigenvalue weighted by Gasteiger charge is -2.34. The molecule has 7 nitrogen and oxygen atoms in total. The van der Waals surface area contributed by atoms with E-state index in [4.69, 9.17) is 11.6 Å². The van der Waals surface area contributed by atoms with Gasteiger partial charge in [-0.05, 0) is 55.7 Å². The fourth-order valence-corrected chi connectivity index (χ4v) is 5.20. The number of rotatable bonds is 12. The highest BCUT2D eigenvalue weighted by Gasteiger charge is 2.33. The van der Waals surface area contributed by atoms with Crippen molar-refractivity contribution in [3.8, 4) is 0 Å². The van der Waals surface area contributed by atoms with Gasteiger partial charge in [0.05, 0.1) is 11.9 Å². The van der Waals surface area contributed by atoms with Gasteiger partial charge in [0.1, 0.15) is 12.6 Å². The highest BCUT2D eigenvalue weighted by molar-refractivity contribution is 7.92. The molecule has 3 aromatic rings. The van der Waals surface area contributed by atoms with E-state index >= 15 is 0 Å². The van der Waals surface area contributed by atoms with Crippen LogP contribution in [0.3, 0.4) is 0 Å². The van der Waals surface area contributed by atoms with Gasteiger partial charge in [-0.25, -0.2) is 8.42 Å². The second-order valence-corrected chi connectivity index (χ2v) is 12.1. The van der Waals surface area contributed by atoms with Gasteiger partial charge < -0.3 is 10.2 Å². The number of benzene rings is 3. The van der Waals surface area contributed by atoms with Crippen LogP contribution in [0.2, 0.25) is 5.02 Å². The normalized spacial score (nSPS) is 12.8. The summed E-state index contributed by atoms with van der Waals surface area (Å²) in [7, 11) is -3.82. The molecular formula is C30H36ClN3O4S. The number of anilines is 1. The van der Waals surface area contributed by atoms with Crippen LogP contribution in [0.15, 0.2) is 78.9 Å². The van der Waals surface area contributed by atoms with Crippen LogP contribution in [0.1, 0.15) is 37.0 Å². The van der Waals surface area contributed by atoms with Crippen LogP contribution in [-0.4, -0.2) is 50.0 Å². The molecule has 0 aliphatic heterocycles. The van der Waals surface area contributed by atoms with Gasteiger partial charge in [0.25, 0.3) is 0 Å². The molecule has 3 rings (SSSR count). The van der Waals surface area contributed by atoms with Crippen molar-refractivity contribution in [2.45, 2.75) is 52.2 Å². The molecule has 0 saturated heterocycles. The molecule has 1 N–H and O–H groups in total. The second-order valence-electron chi connectivity index (χ2n) is 9.78. The molecule has 0 radical (unpaired) electrons. The summed E-state index contributed by atoms with van der Waals surface area (Å²) in [5, 5.41) is 3.47. The van der Waals surface area contributed by atoms with Gasteiger partial charge in [-0.1, -0.05) is 78.7 Å². The Bertz CT molecular complexity index is 1360. The van der Waals surface area contributed by atoms with Crippen LogP contribution in [0, 0.1) is 6.92 Å². The lowest BCUT2D eigenvalue weighted by molar-refractivity contribution is -0.140. The van der Waals surface area contributed by atoms with Crippen molar-refractivity contribution in [1.82, 2.24) is 10.2 Å². The maximum absolute atomic E-state index is 14.0. The molecule has 0 unspecified atom stereocenters. The van der Waals surface area contributed by atoms with E-state index in [2.05, 4.69) is 5.32 Å². The number of aryl methyl sites for hydroxylation is 1. The molecular weight excluding hydrogens is 534 g/mol. The summed E-state index contributed by atoms with van der Waals surface area (Å²) in [4.78, 5) is 29.2. The van der Waals surface area contributed by atoms with Crippen LogP contribution in [0.4, 0.5) is 5.69 Å². The van der Waals surface area contributed by atoms with Gasteiger partial charge in [0.15, 0.2) is 0 Å². The summed E-state index contributed by atoms with van der Waals surface area (Å²) in [6, 6.07) is 22.5. The second kappa shape index (κ2) is 13.6. The maximum atomic E-state index is 14.0. The predicted molar refractivity (Wildman–Crippen MR) is 157 cm³/mol. The smallest absolute Gasteiger partial charge is 0.244 e. The third-order valence-corrected chi connectivity index (χ3v) is 7.89. The topological polar surface area (TPSA) is 86.8 Å². The van der Waals surface area contributed by atoms with Crippen molar-refractivity contribution in [2.75, 3.05) is 17.1 Å². The van der Waals surface area contributed by atoms with Gasteiger partial charge >= 0.3 is 0 Å². The van der Waals surface area contributed by atoms with Crippen LogP contribution >= 0.6 is 11.6 Å². The van der Waals surface area contributed by atoms with Gasteiger partial charge in [0, 0.05) is 24.0 Å². The number of amides is 2. The van der Waals surface area contributed by atoms with Crippen LogP contribution in [0.25, 0.3) is 0 Å². The molecule has 0 aliphatic rings. The van der Waals surface area contributed by atoms with Crippen molar-refractivity contribution in [2.24, 2.45) is 0 Å². The third kappa shape index (κ3) is 8.83. The molecule has 0 spiro atoms. The van der Waals surface area contributed by atoms with E-state index in [-0.39, 0.29) is 24.9 Å². The summed E-state index contributed by atoms with van der Waals surface area (Å²) in [5.74, 6) is -0.774. The van der Waals surface area contributed by atoms with E-state index in [1.165, 1.54) is 4.90 Å². The number of nitrogens with zero attached hydrogens (tertiary/aromatic N) is 2. The molecule has 0 bridgehead atoms. The highest BCUT2D eigenvalue weighted by atomic mass is 35.5. The van der Waals surface area contributed by atoms with E-state index < -0.39 is 28.5 Å². The average Bonchev–Trinajstić information content (AvgIpc) is 2.89. The Hall–Kier alpha value is -3.36. The monoisotopic (exact) mass is 569 g/mol. The lowest BCUT2D eigenvalue weighted by atomic mass is 10.0. The summed E-state index contributed by atoms with van der Waals surface area (Å²) in [6.07, 6.45) is 2.06. The van der Waals surface area contributed by atoms with Gasteiger partial charge in [0.2, 0.25) is 21.8 Å². The van der Waals surface area contributed by atoms with Crippen LogP contribution in [-0.2, 0) is 32.6 Å². The van der Waals surface area contributed by atoms with E-state index in [0.717, 1.165) is 33.7 Å². The molecule has 2 amide bonds. The Morgan fingerprint density at radius 1 is 0.949 bits per heavy atom. The number of carbonyl (C=O) groups excluding carboxylic acids is 2. The van der Waals surface area contributed by atoms with E-state index in [1.54, 1.807) is 24.3 Å². The van der Waals surface area contributed by atoms with E-state index in [0.29, 0.717) is 10.7 Å². The van der Waals surface area contributed by atoms with E-state index in [1.807, 2.05) is 75.4 Å². The predicted octanol–water partition coefficient (Wildman–Crippen LogP) is 4.97. The zero-order valence-electron chi connectivity index (χ0n) is 22.8. The fraction of sp³-hybridized carbons (Fsp3) is 0.333. The van der Waals surface area contributed by atoms with Crippen molar-refractivity contribution in [3.05, 3.63) is 101 Å². The highest BCUT2D eigenvalue weighted by Crippen LogP contribution is 2.22. The standard InChI is InChI=1S/C30H36ClN3O4S/c1-5-23(3)32-30(36)28(19-24-11-7-6-8-12-24)33(20-25-13-9-10-22(2)18-25)29(35)21-34(39(4,37)38)27-16-14-26(31)15-17-27/h6-18,23,28H,5,19-21H2,1-4H3,(H,32,36)/t23-,28-/m0/s1. The molecule has 0 saturated carbocycles. The van der Waals surface area contributed by atoms with E-state index in [9.17, 15) is 18.0 Å². The Morgan fingerprint density at radius 2 is 1.59 bits per heavy atom. The zero-order chi connectivity index (χ0) is 28.6. The Labute approximate surface area is 236 Å². The Balaban J connectivity index is 2.05. The number of sulfonamides is 1. The molecule has 0 aromatic heterocycles. The molecule has 3 aromatic carbocycles. The minimum atomic E-state index is -3.82. The van der Waals surface area contributed by atoms with Crippen molar-refractivity contribution >= 4 is 39.1 Å². The molecule has 0 aliphatic carbocycles.